The molecule has 0 heterocycles. The van der Waals surface area contributed by atoms with Crippen molar-refractivity contribution in [3.05, 3.63) is 10.2 Å². The minimum atomic E-state index is 0.125. The molecule has 0 amide bonds. The molecule has 0 aliphatic heterocycles. The lowest BCUT2D eigenvalue weighted by Gasteiger charge is -1.94. The zero-order valence-corrected chi connectivity index (χ0v) is 11.8. The average molecular weight is 330 g/mol. The van der Waals surface area contributed by atoms with Crippen LogP contribution in [0.2, 0.25) is 0 Å². The van der Waals surface area contributed by atoms with Gasteiger partial charge in [0.2, 0.25) is 0 Å². The van der Waals surface area contributed by atoms with Crippen LogP contribution >= 0.6 is 22.6 Å². The molecule has 0 fully saturated rings. The third kappa shape index (κ3) is 13.5. The van der Waals surface area contributed by atoms with E-state index in [1.54, 1.807) is 0 Å². The maximum Gasteiger partial charge on any atom is 0.0540 e. The highest BCUT2D eigenvalue weighted by atomic mass is 127. The van der Waals surface area contributed by atoms with Crippen LogP contribution in [0.3, 0.4) is 0 Å². The lowest BCUT2D eigenvalue weighted by Crippen LogP contribution is -1.77. The van der Waals surface area contributed by atoms with E-state index in [0.29, 0.717) is 6.42 Å². The number of hydrogen-bond donors (Lipinski definition) is 1. The molecule has 0 unspecified atom stereocenters. The van der Waals surface area contributed by atoms with Gasteiger partial charge in [-0.3, -0.25) is 0 Å². The Kier molecular flexibility index (Phi) is 14.1. The lowest BCUT2D eigenvalue weighted by atomic mass is 10.1. The quantitative estimate of drug-likeness (QED) is 0.429. The van der Waals surface area contributed by atoms with Gasteiger partial charge < -0.3 is 5.11 Å². The standard InChI is InChI=1S/C14H19IO/c15-13-11-9-7-5-3-1-2-4-6-8-10-12-14-16/h11,13,16H,1-3,5,7,9,12,14H2/b13-11-. The van der Waals surface area contributed by atoms with Crippen LogP contribution in [0.4, 0.5) is 0 Å². The van der Waals surface area contributed by atoms with E-state index in [-0.39, 0.29) is 6.61 Å². The summed E-state index contributed by atoms with van der Waals surface area (Å²) in [6.45, 7) is 0.125. The fraction of sp³-hybridized carbons (Fsp3) is 0.571. The maximum absolute atomic E-state index is 8.47. The molecule has 0 aromatic rings. The fourth-order valence-electron chi connectivity index (χ4n) is 1.16. The second kappa shape index (κ2) is 14.6. The van der Waals surface area contributed by atoms with Crippen molar-refractivity contribution in [3.8, 4) is 23.7 Å². The van der Waals surface area contributed by atoms with Crippen molar-refractivity contribution in [1.29, 1.82) is 0 Å². The molecule has 1 N–H and O–H groups in total. The van der Waals surface area contributed by atoms with Crippen molar-refractivity contribution >= 4 is 22.6 Å². The zero-order valence-electron chi connectivity index (χ0n) is 9.64. The van der Waals surface area contributed by atoms with E-state index in [2.05, 4.69) is 56.4 Å². The smallest absolute Gasteiger partial charge is 0.0540 e. The minimum absolute atomic E-state index is 0.125. The summed E-state index contributed by atoms with van der Waals surface area (Å²) in [4.78, 5) is 0. The van der Waals surface area contributed by atoms with E-state index in [4.69, 9.17) is 5.11 Å². The van der Waals surface area contributed by atoms with E-state index in [1.165, 1.54) is 32.1 Å². The first-order chi connectivity index (χ1) is 7.91. The Labute approximate surface area is 113 Å². The van der Waals surface area contributed by atoms with Crippen molar-refractivity contribution in [2.45, 2.75) is 44.9 Å². The highest BCUT2D eigenvalue weighted by Crippen LogP contribution is 2.05. The Balaban J connectivity index is 3.24. The van der Waals surface area contributed by atoms with Gasteiger partial charge in [0.05, 0.1) is 6.61 Å². The summed E-state index contributed by atoms with van der Waals surface area (Å²) < 4.78 is 2.08. The van der Waals surface area contributed by atoms with Gasteiger partial charge >= 0.3 is 0 Å². The average Bonchev–Trinajstić information content (AvgIpc) is 2.31. The largest absolute Gasteiger partial charge is 0.395 e. The summed E-state index contributed by atoms with van der Waals surface area (Å²) in [7, 11) is 0. The molecule has 0 aliphatic carbocycles. The first-order valence-corrected chi connectivity index (χ1v) is 6.98. The summed E-state index contributed by atoms with van der Waals surface area (Å²) in [6, 6.07) is 0. The van der Waals surface area contributed by atoms with Crippen LogP contribution in [-0.4, -0.2) is 11.7 Å². The van der Waals surface area contributed by atoms with Crippen LogP contribution in [0.15, 0.2) is 10.2 Å². The van der Waals surface area contributed by atoms with Crippen molar-refractivity contribution in [2.24, 2.45) is 0 Å². The van der Waals surface area contributed by atoms with Crippen molar-refractivity contribution in [1.82, 2.24) is 0 Å². The van der Waals surface area contributed by atoms with Crippen molar-refractivity contribution in [3.63, 3.8) is 0 Å². The summed E-state index contributed by atoms with van der Waals surface area (Å²) in [5.41, 5.74) is 0. The Morgan fingerprint density at radius 3 is 2.31 bits per heavy atom. The van der Waals surface area contributed by atoms with Gasteiger partial charge in [-0.1, -0.05) is 53.3 Å². The van der Waals surface area contributed by atoms with Gasteiger partial charge in [-0.25, -0.2) is 0 Å². The number of halogens is 1. The molecule has 0 spiro atoms. The van der Waals surface area contributed by atoms with Gasteiger partial charge in [-0.15, -0.1) is 0 Å². The number of unbranched alkanes of at least 4 members (excludes halogenated alkanes) is 5. The van der Waals surface area contributed by atoms with Gasteiger partial charge in [0.1, 0.15) is 0 Å². The predicted octanol–water partition coefficient (Wildman–Crippen LogP) is 3.66. The van der Waals surface area contributed by atoms with Gasteiger partial charge in [0.25, 0.3) is 0 Å². The zero-order chi connectivity index (χ0) is 11.9. The van der Waals surface area contributed by atoms with E-state index >= 15 is 0 Å². The van der Waals surface area contributed by atoms with Crippen LogP contribution in [0.25, 0.3) is 0 Å². The normalized spacial score (nSPS) is 9.38. The molecule has 88 valence electrons. The molecule has 0 saturated carbocycles. The first-order valence-electron chi connectivity index (χ1n) is 5.73. The van der Waals surface area contributed by atoms with E-state index in [9.17, 15) is 0 Å². The van der Waals surface area contributed by atoms with Gasteiger partial charge in [-0.2, -0.15) is 0 Å². The molecule has 0 aromatic carbocycles. The molecular formula is C14H19IO. The van der Waals surface area contributed by atoms with Crippen LogP contribution in [0, 0.1) is 23.7 Å². The molecule has 0 bridgehead atoms. The van der Waals surface area contributed by atoms with Crippen LogP contribution in [0.5, 0.6) is 0 Å². The summed E-state index contributed by atoms with van der Waals surface area (Å²) in [6.07, 6.45) is 9.87. The maximum atomic E-state index is 8.47. The highest BCUT2D eigenvalue weighted by Gasteiger charge is 1.86. The fourth-order valence-corrected chi connectivity index (χ4v) is 1.52. The van der Waals surface area contributed by atoms with Crippen LogP contribution < -0.4 is 0 Å². The van der Waals surface area contributed by atoms with E-state index < -0.39 is 0 Å². The molecule has 0 aromatic heterocycles. The highest BCUT2D eigenvalue weighted by molar-refractivity contribution is 14.1. The Bertz CT molecular complexity index is 285. The topological polar surface area (TPSA) is 20.2 Å². The van der Waals surface area contributed by atoms with Gasteiger partial charge in [-0.05, 0) is 35.2 Å². The number of allylic oxidation sites excluding steroid dienone is 1. The number of aliphatic hydroxyl groups excluding tert-OH is 1. The molecule has 16 heavy (non-hydrogen) atoms. The van der Waals surface area contributed by atoms with E-state index in [1.807, 2.05) is 0 Å². The first kappa shape index (κ1) is 15.6. The van der Waals surface area contributed by atoms with Crippen molar-refractivity contribution in [2.75, 3.05) is 6.61 Å². The molecular weight excluding hydrogens is 311 g/mol. The molecule has 0 atom stereocenters. The second-order valence-corrected chi connectivity index (χ2v) is 4.11. The molecule has 0 radical (unpaired) electrons. The summed E-state index contributed by atoms with van der Waals surface area (Å²) >= 11 is 2.25. The third-order valence-electron chi connectivity index (χ3n) is 1.99. The number of rotatable bonds is 7. The monoisotopic (exact) mass is 330 g/mol. The third-order valence-corrected chi connectivity index (χ3v) is 2.50. The second-order valence-electron chi connectivity index (χ2n) is 3.39. The molecule has 1 nitrogen and oxygen atoms in total. The Hall–Kier alpha value is -0.450. The van der Waals surface area contributed by atoms with Crippen molar-refractivity contribution < 1.29 is 5.11 Å². The molecule has 0 aliphatic rings. The number of aliphatic hydroxyl groups is 1. The predicted molar refractivity (Wildman–Crippen MR) is 78.1 cm³/mol. The molecule has 0 rings (SSSR count). The molecule has 0 saturated heterocycles. The summed E-state index contributed by atoms with van der Waals surface area (Å²) in [5, 5.41) is 8.47. The van der Waals surface area contributed by atoms with Crippen LogP contribution in [-0.2, 0) is 0 Å². The Morgan fingerprint density at radius 1 is 0.938 bits per heavy atom. The molecule has 2 heteroatoms. The van der Waals surface area contributed by atoms with Crippen LogP contribution in [0.1, 0.15) is 44.9 Å². The minimum Gasteiger partial charge on any atom is -0.395 e. The SMILES string of the molecule is OCCC#CC#CCCCCCC/C=C\I. The Morgan fingerprint density at radius 2 is 1.62 bits per heavy atom. The van der Waals surface area contributed by atoms with Gasteiger partial charge in [0, 0.05) is 12.8 Å². The summed E-state index contributed by atoms with van der Waals surface area (Å²) in [5.74, 6) is 11.3. The van der Waals surface area contributed by atoms with E-state index in [0.717, 1.165) is 6.42 Å². The number of hydrogen-bond acceptors (Lipinski definition) is 1. The lowest BCUT2D eigenvalue weighted by molar-refractivity contribution is 0.305. The van der Waals surface area contributed by atoms with Gasteiger partial charge in [0.15, 0.2) is 0 Å².